The maximum Gasteiger partial charge on any atom is 0.132 e. The number of nitrogens with one attached hydrogen (secondary N) is 2. The Morgan fingerprint density at radius 1 is 1.17 bits per heavy atom. The number of fused-ring (bicyclic) bond motifs is 1. The average Bonchev–Trinajstić information content (AvgIpc) is 3.12. The molecule has 0 aliphatic carbocycles. The Hall–Kier alpha value is -3.31. The maximum absolute atomic E-state index is 8.96. The third-order valence-electron chi connectivity index (χ3n) is 5.98. The summed E-state index contributed by atoms with van der Waals surface area (Å²) in [6.45, 7) is 5.78. The molecule has 0 saturated heterocycles. The number of aromatic nitrogens is 1. The Labute approximate surface area is 220 Å². The summed E-state index contributed by atoms with van der Waals surface area (Å²) in [4.78, 5) is 11.9. The molecule has 3 heterocycles. The van der Waals surface area contributed by atoms with Gasteiger partial charge >= 0.3 is 0 Å². The number of unbranched alkanes of at least 4 members (excludes halogenated alkanes) is 1. The molecule has 36 heavy (non-hydrogen) atoms. The largest absolute Gasteiger partial charge is 0.396 e. The van der Waals surface area contributed by atoms with Crippen molar-refractivity contribution in [1.82, 2.24) is 4.98 Å². The molecular formula is C28H28ClN5OS. The summed E-state index contributed by atoms with van der Waals surface area (Å²) in [5, 5.41) is 27.5. The number of aliphatic hydroxyl groups is 1. The summed E-state index contributed by atoms with van der Waals surface area (Å²) in [5.41, 5.74) is 5.33. The molecule has 8 heteroatoms. The number of rotatable bonds is 5. The zero-order valence-electron chi connectivity index (χ0n) is 20.5. The van der Waals surface area contributed by atoms with Crippen molar-refractivity contribution in [2.24, 2.45) is 4.99 Å². The topological polar surface area (TPSA) is 96.4 Å². The SMILES string of the molecule is CC(=N)N1C(=N)[C@H](C)N=C(c2ccc(Cl)cc2)c2c1sc(C#Cc1ccc(CCCCO)cn1)c2C. The number of anilines is 1. The van der Waals surface area contributed by atoms with E-state index in [4.69, 9.17) is 32.5 Å². The molecule has 3 aromatic rings. The van der Waals surface area contributed by atoms with E-state index in [1.54, 1.807) is 11.8 Å². The lowest BCUT2D eigenvalue weighted by Gasteiger charge is -2.23. The minimum atomic E-state index is -0.412. The van der Waals surface area contributed by atoms with E-state index in [9.17, 15) is 0 Å². The van der Waals surface area contributed by atoms with Gasteiger partial charge in [-0.15, -0.1) is 11.3 Å². The number of nitrogens with zero attached hydrogens (tertiary/aromatic N) is 3. The molecule has 1 atom stereocenters. The standard InChI is InChI=1S/C28H28ClN5OS/c1-17-24(14-13-23-12-7-20(16-32-23)6-4-5-15-35)36-28-25(17)26(21-8-10-22(29)11-9-21)33-18(2)27(31)34(28)19(3)30/h7-12,16,18,30-31,35H,4-6,15H2,1-3H3/t18-/m0/s1. The molecule has 2 aromatic heterocycles. The maximum atomic E-state index is 8.96. The first-order valence-corrected chi connectivity index (χ1v) is 13.0. The zero-order valence-corrected chi connectivity index (χ0v) is 22.1. The van der Waals surface area contributed by atoms with E-state index >= 15 is 0 Å². The molecule has 0 unspecified atom stereocenters. The minimum absolute atomic E-state index is 0.207. The number of thiophene rings is 1. The molecule has 3 N–H and O–H groups in total. The van der Waals surface area contributed by atoms with E-state index in [0.717, 1.165) is 57.1 Å². The summed E-state index contributed by atoms with van der Waals surface area (Å²) < 4.78 is 0. The molecule has 4 rings (SSSR count). The minimum Gasteiger partial charge on any atom is -0.396 e. The van der Waals surface area contributed by atoms with Gasteiger partial charge in [-0.25, -0.2) is 4.98 Å². The molecule has 0 fully saturated rings. The fourth-order valence-corrected chi connectivity index (χ4v) is 5.39. The van der Waals surface area contributed by atoms with Crippen LogP contribution in [0.15, 0.2) is 47.6 Å². The highest BCUT2D eigenvalue weighted by molar-refractivity contribution is 7.17. The van der Waals surface area contributed by atoms with Gasteiger partial charge in [0.2, 0.25) is 0 Å². The van der Waals surface area contributed by atoms with E-state index in [1.807, 2.05) is 56.4 Å². The van der Waals surface area contributed by atoms with Gasteiger partial charge < -0.3 is 5.11 Å². The Morgan fingerprint density at radius 3 is 2.56 bits per heavy atom. The van der Waals surface area contributed by atoms with E-state index < -0.39 is 6.04 Å². The van der Waals surface area contributed by atoms with Gasteiger partial charge in [0.05, 0.1) is 10.6 Å². The normalized spacial score (nSPS) is 15.0. The number of aliphatic imine (C=N–C) groups is 1. The number of pyridine rings is 1. The molecule has 184 valence electrons. The third kappa shape index (κ3) is 5.41. The highest BCUT2D eigenvalue weighted by Gasteiger charge is 2.32. The molecule has 1 aromatic carbocycles. The predicted octanol–water partition coefficient (Wildman–Crippen LogP) is 5.84. The van der Waals surface area contributed by atoms with Crippen LogP contribution in [0.2, 0.25) is 5.02 Å². The van der Waals surface area contributed by atoms with Crippen LogP contribution >= 0.6 is 22.9 Å². The van der Waals surface area contributed by atoms with Crippen LogP contribution in [0, 0.1) is 29.6 Å². The van der Waals surface area contributed by atoms with Gasteiger partial charge in [-0.2, -0.15) is 0 Å². The number of hydrogen-bond acceptors (Lipinski definition) is 6. The van der Waals surface area contributed by atoms with Gasteiger partial charge in [-0.3, -0.25) is 20.7 Å². The molecule has 0 bridgehead atoms. The first kappa shape index (κ1) is 25.8. The highest BCUT2D eigenvalue weighted by atomic mass is 35.5. The van der Waals surface area contributed by atoms with Gasteiger partial charge in [0.15, 0.2) is 0 Å². The second-order valence-electron chi connectivity index (χ2n) is 8.69. The van der Waals surface area contributed by atoms with E-state index in [-0.39, 0.29) is 18.3 Å². The van der Waals surface area contributed by atoms with E-state index in [2.05, 4.69) is 16.8 Å². The van der Waals surface area contributed by atoms with Crippen molar-refractivity contribution in [3.8, 4) is 11.8 Å². The number of benzene rings is 1. The lowest BCUT2D eigenvalue weighted by atomic mass is 9.99. The van der Waals surface area contributed by atoms with Crippen molar-refractivity contribution in [3.05, 3.63) is 80.4 Å². The second-order valence-corrected chi connectivity index (χ2v) is 10.1. The van der Waals surface area contributed by atoms with Gasteiger partial charge in [-0.1, -0.05) is 29.8 Å². The summed E-state index contributed by atoms with van der Waals surface area (Å²) in [6.07, 6.45) is 4.44. The van der Waals surface area contributed by atoms with Crippen LogP contribution in [-0.2, 0) is 6.42 Å². The number of halogens is 1. The Morgan fingerprint density at radius 2 is 1.92 bits per heavy atom. The van der Waals surface area contributed by atoms with Crippen molar-refractivity contribution < 1.29 is 5.11 Å². The predicted molar refractivity (Wildman–Crippen MR) is 149 cm³/mol. The van der Waals surface area contributed by atoms with Gasteiger partial charge in [0.25, 0.3) is 0 Å². The number of aliphatic hydroxyl groups excluding tert-OH is 1. The average molecular weight is 518 g/mol. The summed E-state index contributed by atoms with van der Waals surface area (Å²) >= 11 is 7.60. The smallest absolute Gasteiger partial charge is 0.132 e. The van der Waals surface area contributed by atoms with Crippen LogP contribution in [0.4, 0.5) is 5.00 Å². The molecule has 0 amide bonds. The Balaban J connectivity index is 1.76. The van der Waals surface area contributed by atoms with Crippen molar-refractivity contribution in [2.75, 3.05) is 11.5 Å². The number of amidine groups is 2. The molecule has 0 saturated carbocycles. The Bertz CT molecular complexity index is 1380. The fraction of sp³-hybridized carbons (Fsp3) is 0.286. The monoisotopic (exact) mass is 517 g/mol. The summed E-state index contributed by atoms with van der Waals surface area (Å²) in [6, 6.07) is 11.1. The summed E-state index contributed by atoms with van der Waals surface area (Å²) in [7, 11) is 0. The van der Waals surface area contributed by atoms with Crippen LogP contribution in [0.25, 0.3) is 0 Å². The molecule has 0 radical (unpaired) electrons. The van der Waals surface area contributed by atoms with Crippen LogP contribution in [0.1, 0.15) is 59.5 Å². The first-order valence-electron chi connectivity index (χ1n) is 11.8. The molecule has 0 spiro atoms. The highest BCUT2D eigenvalue weighted by Crippen LogP contribution is 2.40. The first-order chi connectivity index (χ1) is 17.3. The second kappa shape index (κ2) is 11.2. The van der Waals surface area contributed by atoms with Crippen molar-refractivity contribution in [1.29, 1.82) is 10.8 Å². The van der Waals surface area contributed by atoms with Gasteiger partial charge in [-0.05, 0) is 81.2 Å². The summed E-state index contributed by atoms with van der Waals surface area (Å²) in [5.74, 6) is 6.97. The Kier molecular flexibility index (Phi) is 8.00. The fourth-order valence-electron chi connectivity index (χ4n) is 4.04. The zero-order chi connectivity index (χ0) is 25.8. The third-order valence-corrected chi connectivity index (χ3v) is 7.43. The van der Waals surface area contributed by atoms with Gasteiger partial charge in [0.1, 0.15) is 28.4 Å². The molecule has 1 aliphatic heterocycles. The molecule has 1 aliphatic rings. The molecule has 6 nitrogen and oxygen atoms in total. The van der Waals surface area contributed by atoms with Crippen molar-refractivity contribution in [3.63, 3.8) is 0 Å². The van der Waals surface area contributed by atoms with E-state index in [1.165, 1.54) is 11.3 Å². The molecular weight excluding hydrogens is 490 g/mol. The van der Waals surface area contributed by atoms with E-state index in [0.29, 0.717) is 10.7 Å². The quantitative estimate of drug-likeness (QED) is 0.172. The number of aryl methyl sites for hydroxylation is 1. The van der Waals surface area contributed by atoms with Crippen molar-refractivity contribution in [2.45, 2.75) is 46.1 Å². The number of hydrogen-bond donors (Lipinski definition) is 3. The van der Waals surface area contributed by atoms with Crippen LogP contribution in [-0.4, -0.2) is 40.1 Å². The van der Waals surface area contributed by atoms with Gasteiger partial charge in [0, 0.05) is 29.0 Å². The van der Waals surface area contributed by atoms with Crippen LogP contribution < -0.4 is 4.90 Å². The van der Waals surface area contributed by atoms with Crippen LogP contribution in [0.3, 0.4) is 0 Å². The van der Waals surface area contributed by atoms with Crippen molar-refractivity contribution >= 4 is 45.3 Å². The lowest BCUT2D eigenvalue weighted by Crippen LogP contribution is -2.38. The lowest BCUT2D eigenvalue weighted by molar-refractivity contribution is 0.284. The van der Waals surface area contributed by atoms with Crippen LogP contribution in [0.5, 0.6) is 0 Å².